The molecule has 5 aliphatic rings. The average Bonchev–Trinajstić information content (AvgIpc) is 2.98. The molecule has 244 valence electrons. The zero-order valence-corrected chi connectivity index (χ0v) is 27.6. The fourth-order valence-electron chi connectivity index (χ4n) is 8.53. The highest BCUT2D eigenvalue weighted by Crippen LogP contribution is 2.43. The standard InChI is InChI=1S/C34H54N6O4/c1-5-6-7-28-21-39(20-27-8-14-37(15-9-27)29-22-43-23-29)32(42)44-34(28)12-18-40(19-13-34)33(4)10-16-38(17-11-33)31(41)30-25(2)35-24-36-26(30)3/h24,27-29H,5-23H2,1-4H3/t28-/m0/s1. The van der Waals surface area contributed by atoms with Gasteiger partial charge in [-0.05, 0) is 71.9 Å². The molecule has 0 N–H and O–H groups in total. The molecule has 1 aromatic heterocycles. The summed E-state index contributed by atoms with van der Waals surface area (Å²) in [6.07, 6.45) is 10.9. The Hall–Kier alpha value is -2.30. The minimum Gasteiger partial charge on any atom is -0.442 e. The van der Waals surface area contributed by atoms with Crippen LogP contribution < -0.4 is 0 Å². The Bertz CT molecular complexity index is 1150. The van der Waals surface area contributed by atoms with Gasteiger partial charge in [0.15, 0.2) is 0 Å². The summed E-state index contributed by atoms with van der Waals surface area (Å²) in [5, 5.41) is 0. The molecular formula is C34H54N6O4. The van der Waals surface area contributed by atoms with E-state index in [-0.39, 0.29) is 23.1 Å². The summed E-state index contributed by atoms with van der Waals surface area (Å²) in [6.45, 7) is 17.4. The molecule has 10 heteroatoms. The van der Waals surface area contributed by atoms with Crippen LogP contribution >= 0.6 is 0 Å². The van der Waals surface area contributed by atoms with Crippen molar-refractivity contribution in [1.82, 2.24) is 29.6 Å². The Morgan fingerprint density at radius 1 is 0.977 bits per heavy atom. The largest absolute Gasteiger partial charge is 0.442 e. The Morgan fingerprint density at radius 2 is 1.64 bits per heavy atom. The van der Waals surface area contributed by atoms with Crippen LogP contribution in [0.1, 0.15) is 93.4 Å². The first kappa shape index (κ1) is 31.7. The van der Waals surface area contributed by atoms with Gasteiger partial charge in [-0.1, -0.05) is 19.8 Å². The van der Waals surface area contributed by atoms with Gasteiger partial charge >= 0.3 is 6.09 Å². The number of piperidine rings is 3. The lowest BCUT2D eigenvalue weighted by Crippen LogP contribution is -2.64. The van der Waals surface area contributed by atoms with Crippen LogP contribution in [0.15, 0.2) is 6.33 Å². The molecule has 0 unspecified atom stereocenters. The van der Waals surface area contributed by atoms with Crippen molar-refractivity contribution in [2.75, 3.05) is 65.6 Å². The second-order valence-electron chi connectivity index (χ2n) is 14.5. The van der Waals surface area contributed by atoms with Crippen molar-refractivity contribution in [3.63, 3.8) is 0 Å². The lowest BCUT2D eigenvalue weighted by molar-refractivity contribution is -0.135. The Labute approximate surface area is 263 Å². The van der Waals surface area contributed by atoms with Gasteiger partial charge in [-0.25, -0.2) is 14.8 Å². The zero-order chi connectivity index (χ0) is 30.9. The fourth-order valence-corrected chi connectivity index (χ4v) is 8.53. The number of nitrogens with zero attached hydrogens (tertiary/aromatic N) is 6. The van der Waals surface area contributed by atoms with Gasteiger partial charge in [0.25, 0.3) is 5.91 Å². The molecule has 1 atom stereocenters. The molecule has 6 heterocycles. The van der Waals surface area contributed by atoms with Crippen LogP contribution in [0.2, 0.25) is 0 Å². The molecule has 5 aliphatic heterocycles. The van der Waals surface area contributed by atoms with E-state index in [9.17, 15) is 9.59 Å². The number of aromatic nitrogens is 2. The van der Waals surface area contributed by atoms with Crippen molar-refractivity contribution in [2.45, 2.75) is 103 Å². The number of ether oxygens (including phenoxy) is 2. The van der Waals surface area contributed by atoms with E-state index in [1.807, 2.05) is 18.7 Å². The maximum absolute atomic E-state index is 13.5. The summed E-state index contributed by atoms with van der Waals surface area (Å²) in [4.78, 5) is 44.6. The van der Waals surface area contributed by atoms with Gasteiger partial charge in [-0.3, -0.25) is 14.6 Å². The molecule has 0 radical (unpaired) electrons. The van der Waals surface area contributed by atoms with E-state index < -0.39 is 0 Å². The number of hydrogen-bond donors (Lipinski definition) is 0. The van der Waals surface area contributed by atoms with E-state index in [0.29, 0.717) is 23.4 Å². The quantitative estimate of drug-likeness (QED) is 0.431. The van der Waals surface area contributed by atoms with E-state index in [4.69, 9.17) is 9.47 Å². The SMILES string of the molecule is CCCC[C@H]1CN(CC2CCN(C3COC3)CC2)C(=O)OC12CCN(C1(C)CCN(C(=O)c3c(C)ncnc3C)CC1)CC2. The predicted octanol–water partition coefficient (Wildman–Crippen LogP) is 4.29. The summed E-state index contributed by atoms with van der Waals surface area (Å²) in [5.74, 6) is 1.00. The highest BCUT2D eigenvalue weighted by molar-refractivity contribution is 5.96. The number of unbranched alkanes of at least 4 members (excludes halogenated alkanes) is 1. The monoisotopic (exact) mass is 610 g/mol. The van der Waals surface area contributed by atoms with Crippen LogP contribution in [0.5, 0.6) is 0 Å². The van der Waals surface area contributed by atoms with Gasteiger partial charge in [-0.2, -0.15) is 0 Å². The van der Waals surface area contributed by atoms with Gasteiger partial charge in [-0.15, -0.1) is 0 Å². The van der Waals surface area contributed by atoms with E-state index >= 15 is 0 Å². The number of hydrogen-bond acceptors (Lipinski definition) is 8. The van der Waals surface area contributed by atoms with Gasteiger partial charge in [0.2, 0.25) is 0 Å². The lowest BCUT2D eigenvalue weighted by Gasteiger charge is -2.55. The number of aryl methyl sites for hydroxylation is 2. The molecule has 2 amide bonds. The minimum absolute atomic E-state index is 0.0414. The maximum atomic E-state index is 13.5. The number of likely N-dealkylation sites (tertiary alicyclic amines) is 3. The molecule has 0 saturated carbocycles. The first-order valence-corrected chi connectivity index (χ1v) is 17.3. The van der Waals surface area contributed by atoms with Crippen molar-refractivity contribution < 1.29 is 19.1 Å². The minimum atomic E-state index is -0.345. The third-order valence-corrected chi connectivity index (χ3v) is 11.8. The normalized spacial score (nSPS) is 26.9. The molecule has 0 aliphatic carbocycles. The third-order valence-electron chi connectivity index (χ3n) is 11.8. The molecule has 5 fully saturated rings. The molecule has 44 heavy (non-hydrogen) atoms. The maximum Gasteiger partial charge on any atom is 0.410 e. The molecular weight excluding hydrogens is 556 g/mol. The topological polar surface area (TPSA) is 91.3 Å². The summed E-state index contributed by atoms with van der Waals surface area (Å²) in [6, 6.07) is 0.607. The summed E-state index contributed by atoms with van der Waals surface area (Å²) < 4.78 is 11.9. The molecule has 1 spiro atoms. The van der Waals surface area contributed by atoms with Crippen LogP contribution in [0, 0.1) is 25.7 Å². The molecule has 1 aromatic rings. The zero-order valence-electron chi connectivity index (χ0n) is 27.6. The predicted molar refractivity (Wildman–Crippen MR) is 169 cm³/mol. The first-order chi connectivity index (χ1) is 21.2. The Kier molecular flexibility index (Phi) is 9.50. The van der Waals surface area contributed by atoms with Gasteiger partial charge in [0.1, 0.15) is 11.9 Å². The summed E-state index contributed by atoms with van der Waals surface area (Å²) >= 11 is 0. The average molecular weight is 611 g/mol. The summed E-state index contributed by atoms with van der Waals surface area (Å²) in [7, 11) is 0. The van der Waals surface area contributed by atoms with Crippen LogP contribution in [-0.4, -0.2) is 124 Å². The van der Waals surface area contributed by atoms with Gasteiger partial charge in [0, 0.05) is 63.6 Å². The second kappa shape index (κ2) is 13.2. The van der Waals surface area contributed by atoms with Crippen molar-refractivity contribution in [2.24, 2.45) is 11.8 Å². The van der Waals surface area contributed by atoms with Crippen LogP contribution in [0.25, 0.3) is 0 Å². The van der Waals surface area contributed by atoms with E-state index in [1.165, 1.54) is 12.7 Å². The highest BCUT2D eigenvalue weighted by atomic mass is 16.6. The second-order valence-corrected chi connectivity index (χ2v) is 14.5. The summed E-state index contributed by atoms with van der Waals surface area (Å²) in [5.41, 5.74) is 1.85. The highest BCUT2D eigenvalue weighted by Gasteiger charge is 2.52. The van der Waals surface area contributed by atoms with Gasteiger partial charge < -0.3 is 19.3 Å². The van der Waals surface area contributed by atoms with Crippen LogP contribution in [0.3, 0.4) is 0 Å². The molecule has 10 nitrogen and oxygen atoms in total. The molecule has 5 saturated heterocycles. The lowest BCUT2D eigenvalue weighted by atomic mass is 9.74. The van der Waals surface area contributed by atoms with Crippen LogP contribution in [0.4, 0.5) is 4.79 Å². The van der Waals surface area contributed by atoms with Crippen LogP contribution in [-0.2, 0) is 9.47 Å². The third kappa shape index (κ3) is 6.36. The van der Waals surface area contributed by atoms with E-state index in [1.54, 1.807) is 0 Å². The number of amides is 2. The van der Waals surface area contributed by atoms with E-state index in [2.05, 4.69) is 38.5 Å². The Morgan fingerprint density at radius 3 is 2.23 bits per heavy atom. The number of carbonyl (C=O) groups excluding carboxylic acids is 2. The fraction of sp³-hybridized carbons (Fsp3) is 0.824. The number of carbonyl (C=O) groups is 2. The van der Waals surface area contributed by atoms with Gasteiger partial charge in [0.05, 0.1) is 36.2 Å². The first-order valence-electron chi connectivity index (χ1n) is 17.3. The smallest absolute Gasteiger partial charge is 0.410 e. The Balaban J connectivity index is 1.03. The van der Waals surface area contributed by atoms with Crippen molar-refractivity contribution in [1.29, 1.82) is 0 Å². The number of rotatable bonds is 8. The molecule has 0 bridgehead atoms. The van der Waals surface area contributed by atoms with Crippen molar-refractivity contribution >= 4 is 12.0 Å². The molecule has 0 aromatic carbocycles. The van der Waals surface area contributed by atoms with Crippen molar-refractivity contribution in [3.05, 3.63) is 23.3 Å². The molecule has 6 rings (SSSR count). The van der Waals surface area contributed by atoms with Crippen molar-refractivity contribution in [3.8, 4) is 0 Å². The van der Waals surface area contributed by atoms with E-state index in [0.717, 1.165) is 128 Å².